The Hall–Kier alpha value is -4.28. The number of nitrogens with zero attached hydrogens (tertiary/aromatic N) is 6. The number of benzene rings is 1. The number of carbonyl (C=O) groups excluding carboxylic acids is 1. The van der Waals surface area contributed by atoms with Crippen molar-refractivity contribution in [2.45, 2.75) is 39.8 Å². The van der Waals surface area contributed by atoms with E-state index in [0.717, 1.165) is 22.5 Å². The fourth-order valence-corrected chi connectivity index (χ4v) is 4.44. The molecule has 0 saturated carbocycles. The number of anilines is 1. The molecule has 0 saturated heterocycles. The van der Waals surface area contributed by atoms with E-state index in [0.29, 0.717) is 35.5 Å². The zero-order valence-electron chi connectivity index (χ0n) is 20.4. The van der Waals surface area contributed by atoms with Crippen LogP contribution < -0.4 is 10.1 Å². The van der Waals surface area contributed by atoms with Crippen LogP contribution in [-0.2, 0) is 24.8 Å². The van der Waals surface area contributed by atoms with Gasteiger partial charge >= 0.3 is 6.09 Å². The molecule has 1 aromatic carbocycles. The molecule has 10 nitrogen and oxygen atoms in total. The fraction of sp³-hybridized carbons (Fsp3) is 0.320. The van der Waals surface area contributed by atoms with Crippen LogP contribution >= 0.6 is 0 Å². The van der Waals surface area contributed by atoms with Crippen molar-refractivity contribution >= 4 is 11.9 Å². The topological polar surface area (TPSA) is 109 Å². The molecule has 11 heteroatoms. The van der Waals surface area contributed by atoms with Crippen LogP contribution in [0.3, 0.4) is 0 Å². The van der Waals surface area contributed by atoms with Gasteiger partial charge in [-0.25, -0.2) is 14.2 Å². The van der Waals surface area contributed by atoms with E-state index in [4.69, 9.17) is 9.47 Å². The zero-order chi connectivity index (χ0) is 25.4. The second-order valence-corrected chi connectivity index (χ2v) is 8.40. The highest BCUT2D eigenvalue weighted by Crippen LogP contribution is 2.38. The summed E-state index contributed by atoms with van der Waals surface area (Å²) in [5.74, 6) is 0.117. The third-order valence-corrected chi connectivity index (χ3v) is 5.99. The second-order valence-electron chi connectivity index (χ2n) is 8.40. The lowest BCUT2D eigenvalue weighted by molar-refractivity contribution is 0.167. The van der Waals surface area contributed by atoms with Gasteiger partial charge in [0, 0.05) is 48.5 Å². The number of aryl methyl sites for hydroxylation is 2. The normalized spacial score (nSPS) is 14.4. The Morgan fingerprint density at radius 3 is 2.86 bits per heavy atom. The molecule has 1 aliphatic rings. The maximum Gasteiger partial charge on any atom is 0.412 e. The summed E-state index contributed by atoms with van der Waals surface area (Å²) in [4.78, 5) is 18.2. The van der Waals surface area contributed by atoms with Gasteiger partial charge in [0.2, 0.25) is 0 Å². The number of nitrogens with one attached hydrogen (secondary N) is 1. The van der Waals surface area contributed by atoms with Crippen molar-refractivity contribution in [2.75, 3.05) is 11.9 Å². The molecule has 0 spiro atoms. The van der Waals surface area contributed by atoms with Crippen molar-refractivity contribution in [3.05, 3.63) is 59.3 Å². The molecule has 1 amide bonds. The molecule has 186 valence electrons. The van der Waals surface area contributed by atoms with Gasteiger partial charge in [-0.1, -0.05) is 0 Å². The van der Waals surface area contributed by atoms with Crippen LogP contribution in [0.25, 0.3) is 22.5 Å². The lowest BCUT2D eigenvalue weighted by Crippen LogP contribution is -2.16. The fourth-order valence-electron chi connectivity index (χ4n) is 4.44. The zero-order valence-corrected chi connectivity index (χ0v) is 20.4. The summed E-state index contributed by atoms with van der Waals surface area (Å²) in [5.41, 5.74) is 5.23. The van der Waals surface area contributed by atoms with Gasteiger partial charge in [-0.15, -0.1) is 0 Å². The Morgan fingerprint density at radius 2 is 2.08 bits per heavy atom. The maximum absolute atomic E-state index is 14.4. The maximum atomic E-state index is 14.4. The number of halogens is 1. The van der Waals surface area contributed by atoms with Gasteiger partial charge in [-0.2, -0.15) is 20.1 Å². The van der Waals surface area contributed by atoms with E-state index in [1.807, 2.05) is 24.7 Å². The van der Waals surface area contributed by atoms with Crippen LogP contribution in [0.15, 0.2) is 36.7 Å². The van der Waals surface area contributed by atoms with Crippen molar-refractivity contribution < 1.29 is 18.7 Å². The van der Waals surface area contributed by atoms with Crippen molar-refractivity contribution in [1.82, 2.24) is 29.8 Å². The molecule has 1 atom stereocenters. The van der Waals surface area contributed by atoms with Crippen LogP contribution in [0, 0.1) is 5.82 Å². The number of pyridine rings is 1. The highest BCUT2D eigenvalue weighted by atomic mass is 19.1. The van der Waals surface area contributed by atoms with E-state index in [9.17, 15) is 9.18 Å². The van der Waals surface area contributed by atoms with E-state index in [-0.39, 0.29) is 12.4 Å². The minimum absolute atomic E-state index is 0.198. The van der Waals surface area contributed by atoms with Crippen molar-refractivity contribution in [3.63, 3.8) is 0 Å². The molecule has 0 fully saturated rings. The molecule has 1 aliphatic heterocycles. The SMILES string of the molecule is CCOC(=O)Nc1ncc2cc1OC(C)c1cc(F)ccc1-c1nn(C)nc1Cc1cnn(CC)c1-2. The molecule has 4 heterocycles. The van der Waals surface area contributed by atoms with E-state index < -0.39 is 18.0 Å². The first kappa shape index (κ1) is 23.5. The van der Waals surface area contributed by atoms with E-state index >= 15 is 0 Å². The van der Waals surface area contributed by atoms with Gasteiger partial charge in [0.25, 0.3) is 0 Å². The van der Waals surface area contributed by atoms with E-state index in [2.05, 4.69) is 25.6 Å². The Kier molecular flexibility index (Phi) is 6.13. The van der Waals surface area contributed by atoms with Crippen LogP contribution in [0.4, 0.5) is 15.0 Å². The molecule has 2 bridgehead atoms. The number of amides is 1. The minimum Gasteiger partial charge on any atom is -0.482 e. The van der Waals surface area contributed by atoms with E-state index in [1.54, 1.807) is 32.3 Å². The Bertz CT molecular complexity index is 1450. The number of fused-ring (bicyclic) bond motifs is 7. The third kappa shape index (κ3) is 4.28. The Balaban J connectivity index is 1.74. The number of carbonyl (C=O) groups is 1. The van der Waals surface area contributed by atoms with Crippen LogP contribution in [0.5, 0.6) is 5.75 Å². The first-order chi connectivity index (χ1) is 17.4. The van der Waals surface area contributed by atoms with Gasteiger partial charge in [-0.3, -0.25) is 10.00 Å². The average molecular weight is 492 g/mol. The number of hydrogen-bond donors (Lipinski definition) is 1. The predicted molar refractivity (Wildman–Crippen MR) is 130 cm³/mol. The van der Waals surface area contributed by atoms with Crippen LogP contribution in [0.1, 0.15) is 43.7 Å². The smallest absolute Gasteiger partial charge is 0.412 e. The molecule has 4 aromatic rings. The molecule has 36 heavy (non-hydrogen) atoms. The molecule has 3 aromatic heterocycles. The molecule has 0 radical (unpaired) electrons. The van der Waals surface area contributed by atoms with E-state index in [1.165, 1.54) is 16.9 Å². The summed E-state index contributed by atoms with van der Waals surface area (Å²) < 4.78 is 27.6. The van der Waals surface area contributed by atoms with Gasteiger partial charge < -0.3 is 9.47 Å². The Labute approximate surface area is 207 Å². The van der Waals surface area contributed by atoms with Crippen molar-refractivity contribution in [1.29, 1.82) is 0 Å². The first-order valence-electron chi connectivity index (χ1n) is 11.7. The highest BCUT2D eigenvalue weighted by Gasteiger charge is 2.25. The molecule has 5 rings (SSSR count). The molecule has 1 N–H and O–H groups in total. The standard InChI is InChI=1S/C25H26FN7O3/c1-5-33-23-15(13-28-33)9-20-22(31-32(4)30-20)18-8-7-17(26)11-19(18)14(3)36-21-10-16(23)12-27-24(21)29-25(34)35-6-2/h7-8,10-14H,5-6,9H2,1-4H3,(H,27,29,34). The van der Waals surface area contributed by atoms with Gasteiger partial charge in [0.1, 0.15) is 17.6 Å². The summed E-state index contributed by atoms with van der Waals surface area (Å²) in [7, 11) is 1.75. The lowest BCUT2D eigenvalue weighted by Gasteiger charge is -2.21. The second kappa shape index (κ2) is 9.40. The first-order valence-corrected chi connectivity index (χ1v) is 11.7. The molecule has 0 aliphatic carbocycles. The van der Waals surface area contributed by atoms with Gasteiger partial charge in [0.15, 0.2) is 11.6 Å². The predicted octanol–water partition coefficient (Wildman–Crippen LogP) is 4.51. The van der Waals surface area contributed by atoms with Crippen LogP contribution in [-0.4, -0.2) is 42.5 Å². The summed E-state index contributed by atoms with van der Waals surface area (Å²) >= 11 is 0. The number of hydrogen-bond acceptors (Lipinski definition) is 7. The average Bonchev–Trinajstić information content (AvgIpc) is 3.42. The molecular weight excluding hydrogens is 465 g/mol. The molecule has 1 unspecified atom stereocenters. The van der Waals surface area contributed by atoms with Crippen LogP contribution in [0.2, 0.25) is 0 Å². The summed E-state index contributed by atoms with van der Waals surface area (Å²) in [5, 5.41) is 16.4. The number of aromatic nitrogens is 6. The van der Waals surface area contributed by atoms with Crippen molar-refractivity contribution in [2.24, 2.45) is 7.05 Å². The Morgan fingerprint density at radius 1 is 1.25 bits per heavy atom. The largest absolute Gasteiger partial charge is 0.482 e. The van der Waals surface area contributed by atoms with Gasteiger partial charge in [-0.05, 0) is 45.0 Å². The number of rotatable bonds is 3. The lowest BCUT2D eigenvalue weighted by atomic mass is 9.96. The third-order valence-electron chi connectivity index (χ3n) is 5.99. The summed E-state index contributed by atoms with van der Waals surface area (Å²) in [6, 6.07) is 6.31. The van der Waals surface area contributed by atoms with Crippen molar-refractivity contribution in [3.8, 4) is 28.3 Å². The highest BCUT2D eigenvalue weighted by molar-refractivity contribution is 5.86. The van der Waals surface area contributed by atoms with Gasteiger partial charge in [0.05, 0.1) is 24.2 Å². The summed E-state index contributed by atoms with van der Waals surface area (Å²) in [6.07, 6.45) is 2.67. The molecular formula is C25H26FN7O3. The summed E-state index contributed by atoms with van der Waals surface area (Å²) in [6.45, 7) is 6.38. The monoisotopic (exact) mass is 491 g/mol. The quantitative estimate of drug-likeness (QED) is 0.449. The number of ether oxygens (including phenoxy) is 2. The minimum atomic E-state index is -0.647.